The first-order chi connectivity index (χ1) is 13.0. The molecule has 1 heterocycles. The van der Waals surface area contributed by atoms with Gasteiger partial charge < -0.3 is 4.74 Å². The molecule has 0 N–H and O–H groups in total. The Hall–Kier alpha value is -2.28. The Labute approximate surface area is 162 Å². The molecule has 1 atom stereocenters. The van der Waals surface area contributed by atoms with Crippen LogP contribution in [-0.4, -0.2) is 29.0 Å². The van der Waals surface area contributed by atoms with E-state index in [0.29, 0.717) is 10.7 Å². The van der Waals surface area contributed by atoms with Gasteiger partial charge in [-0.05, 0) is 44.4 Å². The highest BCUT2D eigenvalue weighted by Gasteiger charge is 2.33. The Bertz CT molecular complexity index is 804. The van der Waals surface area contributed by atoms with Gasteiger partial charge in [-0.25, -0.2) is 14.2 Å². The fraction of sp³-hybridized carbons (Fsp3) is 0.450. The van der Waals surface area contributed by atoms with Crippen molar-refractivity contribution in [2.75, 3.05) is 4.90 Å². The Morgan fingerprint density at radius 3 is 2.67 bits per heavy atom. The van der Waals surface area contributed by atoms with Gasteiger partial charge in [-0.1, -0.05) is 25.3 Å². The average Bonchev–Trinajstić information content (AvgIpc) is 3.19. The number of carbonyl (C=O) groups excluding carboxylic acids is 2. The average molecular weight is 390 g/mol. The Morgan fingerprint density at radius 1 is 1.30 bits per heavy atom. The molecule has 0 bridgehead atoms. The van der Waals surface area contributed by atoms with Crippen LogP contribution in [-0.2, 0) is 9.53 Å². The number of benzene rings is 1. The van der Waals surface area contributed by atoms with Crippen LogP contribution in [0.4, 0.5) is 9.52 Å². The standard InChI is InChI=1S/C20H23FN2O3S/c1-13-8-9-15(12-17(13)21)19(25)26-14(2)18(24)23(20-22-10-11-27-20)16-6-4-3-5-7-16/h8-12,14,16H,3-7H2,1-2H3. The summed E-state index contributed by atoms with van der Waals surface area (Å²) in [6, 6.07) is 4.21. The van der Waals surface area contributed by atoms with Crippen molar-refractivity contribution in [3.8, 4) is 0 Å². The molecule has 1 saturated carbocycles. The second-order valence-corrected chi connectivity index (χ2v) is 7.70. The number of aromatic nitrogens is 1. The molecule has 0 radical (unpaired) electrons. The molecule has 1 amide bonds. The summed E-state index contributed by atoms with van der Waals surface area (Å²) in [4.78, 5) is 31.4. The van der Waals surface area contributed by atoms with Crippen LogP contribution in [0.2, 0.25) is 0 Å². The van der Waals surface area contributed by atoms with E-state index in [4.69, 9.17) is 4.74 Å². The number of carbonyl (C=O) groups is 2. The van der Waals surface area contributed by atoms with Gasteiger partial charge in [-0.2, -0.15) is 0 Å². The van der Waals surface area contributed by atoms with Gasteiger partial charge in [0.1, 0.15) is 5.82 Å². The minimum atomic E-state index is -0.979. The summed E-state index contributed by atoms with van der Waals surface area (Å²) in [6.07, 6.45) is 5.81. The summed E-state index contributed by atoms with van der Waals surface area (Å²) in [5, 5.41) is 2.45. The molecule has 1 aliphatic rings. The number of aryl methyl sites for hydroxylation is 1. The number of rotatable bonds is 5. The van der Waals surface area contributed by atoms with E-state index < -0.39 is 17.9 Å². The van der Waals surface area contributed by atoms with Crippen LogP contribution in [0, 0.1) is 12.7 Å². The van der Waals surface area contributed by atoms with E-state index in [2.05, 4.69) is 4.98 Å². The number of halogens is 1. The van der Waals surface area contributed by atoms with E-state index in [1.165, 1.54) is 29.9 Å². The van der Waals surface area contributed by atoms with Crippen molar-refractivity contribution in [2.45, 2.75) is 58.1 Å². The van der Waals surface area contributed by atoms with Gasteiger partial charge in [0.2, 0.25) is 0 Å². The minimum Gasteiger partial charge on any atom is -0.449 e. The molecule has 0 spiro atoms. The molecular formula is C20H23FN2O3S. The summed E-state index contributed by atoms with van der Waals surface area (Å²) >= 11 is 1.39. The number of hydrogen-bond acceptors (Lipinski definition) is 5. The summed E-state index contributed by atoms with van der Waals surface area (Å²) in [7, 11) is 0. The fourth-order valence-electron chi connectivity index (χ4n) is 3.30. The van der Waals surface area contributed by atoms with Gasteiger partial charge in [0.05, 0.1) is 5.56 Å². The molecule has 2 aromatic rings. The third-order valence-corrected chi connectivity index (χ3v) is 5.61. The fourth-order valence-corrected chi connectivity index (χ4v) is 4.02. The normalized spacial score (nSPS) is 16.0. The van der Waals surface area contributed by atoms with E-state index in [1.54, 1.807) is 24.9 Å². The lowest BCUT2D eigenvalue weighted by atomic mass is 9.94. The number of anilines is 1. The van der Waals surface area contributed by atoms with Crippen LogP contribution in [0.3, 0.4) is 0 Å². The maximum absolute atomic E-state index is 13.7. The van der Waals surface area contributed by atoms with Gasteiger partial charge in [0, 0.05) is 17.6 Å². The zero-order valence-corrected chi connectivity index (χ0v) is 16.3. The first-order valence-corrected chi connectivity index (χ1v) is 10.0. The van der Waals surface area contributed by atoms with Crippen molar-refractivity contribution >= 4 is 28.3 Å². The van der Waals surface area contributed by atoms with Crippen molar-refractivity contribution in [2.24, 2.45) is 0 Å². The van der Waals surface area contributed by atoms with Crippen LogP contribution in [0.1, 0.15) is 54.9 Å². The van der Waals surface area contributed by atoms with Gasteiger partial charge in [0.25, 0.3) is 5.91 Å². The SMILES string of the molecule is Cc1ccc(C(=O)OC(C)C(=O)N(c2nccs2)C2CCCCC2)cc1F. The van der Waals surface area contributed by atoms with Crippen molar-refractivity contribution < 1.29 is 18.7 Å². The lowest BCUT2D eigenvalue weighted by molar-refractivity contribution is -0.127. The number of thiazole rings is 1. The summed E-state index contributed by atoms with van der Waals surface area (Å²) < 4.78 is 19.0. The number of nitrogens with zero attached hydrogens (tertiary/aromatic N) is 2. The molecule has 3 rings (SSSR count). The van der Waals surface area contributed by atoms with Crippen LogP contribution in [0.15, 0.2) is 29.8 Å². The van der Waals surface area contributed by atoms with Crippen LogP contribution >= 0.6 is 11.3 Å². The molecule has 1 aromatic heterocycles. The maximum atomic E-state index is 13.7. The molecule has 0 aliphatic heterocycles. The predicted molar refractivity (Wildman–Crippen MR) is 102 cm³/mol. The highest BCUT2D eigenvalue weighted by Crippen LogP contribution is 2.29. The summed E-state index contributed by atoms with van der Waals surface area (Å²) in [5.74, 6) is -1.48. The molecule has 1 unspecified atom stereocenters. The molecule has 27 heavy (non-hydrogen) atoms. The lowest BCUT2D eigenvalue weighted by Gasteiger charge is -2.33. The van der Waals surface area contributed by atoms with Crippen molar-refractivity contribution in [3.63, 3.8) is 0 Å². The zero-order chi connectivity index (χ0) is 19.4. The molecule has 7 heteroatoms. The number of amides is 1. The minimum absolute atomic E-state index is 0.0652. The van der Waals surface area contributed by atoms with Crippen molar-refractivity contribution in [1.29, 1.82) is 0 Å². The molecule has 5 nitrogen and oxygen atoms in total. The smallest absolute Gasteiger partial charge is 0.339 e. The number of ether oxygens (including phenoxy) is 1. The largest absolute Gasteiger partial charge is 0.449 e. The third kappa shape index (κ3) is 4.53. The number of hydrogen-bond donors (Lipinski definition) is 0. The van der Waals surface area contributed by atoms with Gasteiger partial charge in [-0.3, -0.25) is 9.69 Å². The van der Waals surface area contributed by atoms with Gasteiger partial charge in [0.15, 0.2) is 11.2 Å². The van der Waals surface area contributed by atoms with E-state index in [0.717, 1.165) is 31.7 Å². The Kier molecular flexibility index (Phi) is 6.21. The van der Waals surface area contributed by atoms with E-state index in [9.17, 15) is 14.0 Å². The highest BCUT2D eigenvalue weighted by atomic mass is 32.1. The van der Waals surface area contributed by atoms with E-state index >= 15 is 0 Å². The van der Waals surface area contributed by atoms with Gasteiger partial charge >= 0.3 is 5.97 Å². The van der Waals surface area contributed by atoms with E-state index in [1.807, 2.05) is 5.38 Å². The van der Waals surface area contributed by atoms with Crippen LogP contribution in [0.5, 0.6) is 0 Å². The second kappa shape index (κ2) is 8.61. The zero-order valence-electron chi connectivity index (χ0n) is 15.5. The third-order valence-electron chi connectivity index (χ3n) is 4.84. The first-order valence-electron chi connectivity index (χ1n) is 9.17. The maximum Gasteiger partial charge on any atom is 0.339 e. The molecule has 1 aliphatic carbocycles. The molecule has 0 saturated heterocycles. The molecule has 1 fully saturated rings. The monoisotopic (exact) mass is 390 g/mol. The summed E-state index contributed by atoms with van der Waals surface area (Å²) in [6.45, 7) is 3.17. The van der Waals surface area contributed by atoms with Crippen molar-refractivity contribution in [1.82, 2.24) is 4.98 Å². The van der Waals surface area contributed by atoms with E-state index in [-0.39, 0.29) is 17.5 Å². The second-order valence-electron chi connectivity index (χ2n) is 6.83. The van der Waals surface area contributed by atoms with Crippen molar-refractivity contribution in [3.05, 3.63) is 46.7 Å². The summed E-state index contributed by atoms with van der Waals surface area (Å²) in [5.41, 5.74) is 0.541. The molecule has 144 valence electrons. The van der Waals surface area contributed by atoms with Gasteiger partial charge in [-0.15, -0.1) is 11.3 Å². The van der Waals surface area contributed by atoms with Crippen LogP contribution in [0.25, 0.3) is 0 Å². The quantitative estimate of drug-likeness (QED) is 0.705. The number of esters is 1. The Morgan fingerprint density at radius 2 is 2.04 bits per heavy atom. The lowest BCUT2D eigenvalue weighted by Crippen LogP contribution is -2.47. The Balaban J connectivity index is 1.74. The topological polar surface area (TPSA) is 59.5 Å². The predicted octanol–water partition coefficient (Wildman–Crippen LogP) is 4.50. The molecule has 1 aromatic carbocycles. The highest BCUT2D eigenvalue weighted by molar-refractivity contribution is 7.13. The molecular weight excluding hydrogens is 367 g/mol. The van der Waals surface area contributed by atoms with Crippen LogP contribution < -0.4 is 4.90 Å². The first kappa shape index (κ1) is 19.5.